The van der Waals surface area contributed by atoms with E-state index < -0.39 is 55.0 Å². The molecular weight excluding hydrogens is 468 g/mol. The first-order chi connectivity index (χ1) is 14.5. The van der Waals surface area contributed by atoms with Crippen molar-refractivity contribution in [3.05, 3.63) is 38.8 Å². The Hall–Kier alpha value is -2.04. The van der Waals surface area contributed by atoms with Crippen molar-refractivity contribution in [2.75, 3.05) is 18.1 Å². The van der Waals surface area contributed by atoms with E-state index in [4.69, 9.17) is 16.3 Å². The number of hydrogen-bond donors (Lipinski definition) is 0. The summed E-state index contributed by atoms with van der Waals surface area (Å²) in [5.74, 6) is -2.87. The van der Waals surface area contributed by atoms with Gasteiger partial charge in [0, 0.05) is 12.0 Å². The number of allylic oxidation sites excluding steroid dienone is 2. The van der Waals surface area contributed by atoms with Gasteiger partial charge in [-0.15, -0.1) is 0 Å². The average molecular weight is 489 g/mol. The molecule has 0 saturated carbocycles. The van der Waals surface area contributed by atoms with Gasteiger partial charge in [-0.3, -0.25) is 14.4 Å². The predicted octanol–water partition coefficient (Wildman–Crippen LogP) is 2.23. The topological polar surface area (TPSA) is 129 Å². The summed E-state index contributed by atoms with van der Waals surface area (Å²) in [6.45, 7) is 1.70. The minimum Gasteiger partial charge on any atom is -0.466 e. The highest BCUT2D eigenvalue weighted by Gasteiger charge is 2.36. The maximum absolute atomic E-state index is 13.2. The lowest BCUT2D eigenvalue weighted by molar-refractivity contribution is -0.142. The lowest BCUT2D eigenvalue weighted by Gasteiger charge is -2.19. The van der Waals surface area contributed by atoms with E-state index in [1.165, 1.54) is 12.1 Å². The van der Waals surface area contributed by atoms with Crippen molar-refractivity contribution in [2.45, 2.75) is 43.9 Å². The number of hydrogen-bond acceptors (Lipinski definition) is 8. The third kappa shape index (κ3) is 4.61. The zero-order chi connectivity index (χ0) is 23.0. The number of sulfone groups is 2. The van der Waals surface area contributed by atoms with Gasteiger partial charge < -0.3 is 4.74 Å². The van der Waals surface area contributed by atoms with Gasteiger partial charge in [0.1, 0.15) is 0 Å². The summed E-state index contributed by atoms with van der Waals surface area (Å²) in [6.07, 6.45) is 0.00563. The molecule has 0 fully saturated rings. The maximum Gasteiger partial charge on any atom is 0.306 e. The first-order valence-corrected chi connectivity index (χ1v) is 13.4. The number of benzene rings is 1. The fourth-order valence-corrected chi connectivity index (χ4v) is 7.34. The predicted molar refractivity (Wildman–Crippen MR) is 112 cm³/mol. The largest absolute Gasteiger partial charge is 0.466 e. The zero-order valence-corrected chi connectivity index (χ0v) is 19.2. The summed E-state index contributed by atoms with van der Waals surface area (Å²) < 4.78 is 54.6. The van der Waals surface area contributed by atoms with E-state index in [1.807, 2.05) is 0 Å². The number of Topliss-reactive ketones (excluding diaryl/α,β-unsaturated/α-hetero) is 2. The Labute approximate surface area is 185 Å². The second-order valence-electron chi connectivity index (χ2n) is 7.25. The molecule has 0 N–H and O–H groups in total. The Balaban J connectivity index is 2.04. The van der Waals surface area contributed by atoms with Crippen LogP contribution in [-0.4, -0.2) is 52.5 Å². The van der Waals surface area contributed by atoms with Crippen LogP contribution < -0.4 is 0 Å². The van der Waals surface area contributed by atoms with Crippen LogP contribution in [0.4, 0.5) is 0 Å². The number of ether oxygens (including phenoxy) is 1. The van der Waals surface area contributed by atoms with Crippen LogP contribution in [0.3, 0.4) is 0 Å². The standard InChI is InChI=1S/C20H21ClO8S2/c1-2-29-17(23)9-11-31(27,28)16-5-3-4-14(22)18(16)20(24)13-6-7-15-12(19(13)21)8-10-30(15,25)26/h6-7H,2-5,8-11H2,1H3. The van der Waals surface area contributed by atoms with Gasteiger partial charge in [-0.05, 0) is 43.9 Å². The van der Waals surface area contributed by atoms with Crippen LogP contribution in [0.25, 0.3) is 0 Å². The van der Waals surface area contributed by atoms with E-state index in [0.717, 1.165) is 0 Å². The van der Waals surface area contributed by atoms with Crippen LogP contribution in [0.1, 0.15) is 48.5 Å². The fourth-order valence-electron chi connectivity index (χ4n) is 3.74. The van der Waals surface area contributed by atoms with Crippen LogP contribution in [-0.2, 0) is 40.4 Å². The van der Waals surface area contributed by atoms with Crippen LogP contribution in [0, 0.1) is 0 Å². The molecule has 0 aromatic heterocycles. The molecule has 0 amide bonds. The monoisotopic (exact) mass is 488 g/mol. The third-order valence-electron chi connectivity index (χ3n) is 5.25. The van der Waals surface area contributed by atoms with Crippen LogP contribution in [0.5, 0.6) is 0 Å². The highest BCUT2D eigenvalue weighted by molar-refractivity contribution is 7.95. The fraction of sp³-hybridized carbons (Fsp3) is 0.450. The number of esters is 1. The quantitative estimate of drug-likeness (QED) is 0.324. The van der Waals surface area contributed by atoms with Crippen molar-refractivity contribution >= 4 is 48.8 Å². The second-order valence-corrected chi connectivity index (χ2v) is 11.8. The minimum atomic E-state index is -4.08. The van der Waals surface area contributed by atoms with E-state index in [1.54, 1.807) is 6.92 Å². The summed E-state index contributed by atoms with van der Waals surface area (Å²) in [6, 6.07) is 2.48. The minimum absolute atomic E-state index is 0.00505. The Morgan fingerprint density at radius 2 is 1.87 bits per heavy atom. The van der Waals surface area contributed by atoms with Gasteiger partial charge in [0.05, 0.1) is 44.9 Å². The molecular formula is C20H21ClO8S2. The first kappa shape index (κ1) is 23.6. The van der Waals surface area contributed by atoms with Crippen LogP contribution in [0.2, 0.25) is 5.02 Å². The van der Waals surface area contributed by atoms with Crippen LogP contribution in [0.15, 0.2) is 27.5 Å². The molecule has 31 heavy (non-hydrogen) atoms. The summed E-state index contributed by atoms with van der Waals surface area (Å²) in [7, 11) is -7.55. The molecule has 0 atom stereocenters. The molecule has 11 heteroatoms. The number of halogens is 1. The first-order valence-electron chi connectivity index (χ1n) is 9.73. The van der Waals surface area contributed by atoms with Crippen molar-refractivity contribution in [1.29, 1.82) is 0 Å². The Morgan fingerprint density at radius 3 is 2.55 bits per heavy atom. The van der Waals surface area contributed by atoms with E-state index in [9.17, 15) is 31.2 Å². The van der Waals surface area contributed by atoms with Gasteiger partial charge in [-0.25, -0.2) is 16.8 Å². The molecule has 0 spiro atoms. The highest BCUT2D eigenvalue weighted by Crippen LogP contribution is 2.37. The maximum atomic E-state index is 13.2. The van der Waals surface area contributed by atoms with Gasteiger partial charge in [-0.2, -0.15) is 0 Å². The number of carbonyl (C=O) groups is 3. The lowest BCUT2D eigenvalue weighted by atomic mass is 9.91. The molecule has 168 valence electrons. The van der Waals surface area contributed by atoms with Gasteiger partial charge in [0.15, 0.2) is 31.2 Å². The summed E-state index contributed by atoms with van der Waals surface area (Å²) in [4.78, 5) is 37.1. The van der Waals surface area contributed by atoms with E-state index >= 15 is 0 Å². The summed E-state index contributed by atoms with van der Waals surface area (Å²) in [5, 5.41) is -0.0854. The lowest BCUT2D eigenvalue weighted by Crippen LogP contribution is -2.25. The summed E-state index contributed by atoms with van der Waals surface area (Å²) in [5.41, 5.74) is -0.276. The van der Waals surface area contributed by atoms with E-state index in [0.29, 0.717) is 5.56 Å². The molecule has 0 radical (unpaired) electrons. The molecule has 3 rings (SSSR count). The molecule has 2 aliphatic rings. The molecule has 1 aliphatic heterocycles. The van der Waals surface area contributed by atoms with Crippen molar-refractivity contribution in [3.8, 4) is 0 Å². The van der Waals surface area contributed by atoms with Gasteiger partial charge in [0.2, 0.25) is 0 Å². The number of fused-ring (bicyclic) bond motifs is 1. The highest BCUT2D eigenvalue weighted by atomic mass is 35.5. The molecule has 0 unspecified atom stereocenters. The SMILES string of the molecule is CCOC(=O)CCS(=O)(=O)C1=C(C(=O)c2ccc3c(c2Cl)CCS3(=O)=O)C(=O)CCC1. The van der Waals surface area contributed by atoms with Gasteiger partial charge in [0.25, 0.3) is 0 Å². The Kier molecular flexibility index (Phi) is 6.73. The molecule has 0 saturated heterocycles. The molecule has 0 bridgehead atoms. The van der Waals surface area contributed by atoms with Crippen molar-refractivity contribution < 1.29 is 36.0 Å². The second kappa shape index (κ2) is 8.84. The zero-order valence-electron chi connectivity index (χ0n) is 16.8. The molecule has 1 aromatic carbocycles. The van der Waals surface area contributed by atoms with E-state index in [-0.39, 0.29) is 58.4 Å². The molecule has 1 aliphatic carbocycles. The third-order valence-corrected chi connectivity index (χ3v) is 9.38. The molecule has 8 nitrogen and oxygen atoms in total. The van der Waals surface area contributed by atoms with Crippen molar-refractivity contribution in [2.24, 2.45) is 0 Å². The molecule has 1 heterocycles. The average Bonchev–Trinajstić information content (AvgIpc) is 3.02. The molecule has 1 aromatic rings. The van der Waals surface area contributed by atoms with Crippen molar-refractivity contribution in [3.63, 3.8) is 0 Å². The van der Waals surface area contributed by atoms with Gasteiger partial charge in [-0.1, -0.05) is 11.6 Å². The summed E-state index contributed by atoms with van der Waals surface area (Å²) >= 11 is 6.31. The normalized spacial score (nSPS) is 18.1. The van der Waals surface area contributed by atoms with Crippen LogP contribution >= 0.6 is 11.6 Å². The Morgan fingerprint density at radius 1 is 1.16 bits per heavy atom. The Bertz CT molecular complexity index is 1210. The van der Waals surface area contributed by atoms with Gasteiger partial charge >= 0.3 is 5.97 Å². The number of carbonyl (C=O) groups excluding carboxylic acids is 3. The number of rotatable bonds is 7. The number of ketones is 2. The smallest absolute Gasteiger partial charge is 0.306 e. The van der Waals surface area contributed by atoms with E-state index in [2.05, 4.69) is 0 Å². The van der Waals surface area contributed by atoms with Crippen molar-refractivity contribution in [1.82, 2.24) is 0 Å².